The predicted molar refractivity (Wildman–Crippen MR) is 238 cm³/mol. The Hall–Kier alpha value is -7.17. The lowest BCUT2D eigenvalue weighted by atomic mass is 9.76. The molecule has 2 aliphatic carbocycles. The van der Waals surface area contributed by atoms with E-state index in [1.165, 1.54) is 77.1 Å². The summed E-state index contributed by atoms with van der Waals surface area (Å²) in [6.07, 6.45) is 1.81. The van der Waals surface area contributed by atoms with Crippen LogP contribution in [-0.2, 0) is 18.3 Å². The van der Waals surface area contributed by atoms with Gasteiger partial charge in [-0.1, -0.05) is 166 Å². The van der Waals surface area contributed by atoms with Crippen molar-refractivity contribution in [2.45, 2.75) is 32.1 Å². The van der Waals surface area contributed by atoms with Crippen LogP contribution in [0.15, 0.2) is 170 Å². The van der Waals surface area contributed by atoms with Gasteiger partial charge in [0.25, 0.3) is 0 Å². The van der Waals surface area contributed by atoms with Crippen LogP contribution in [0.25, 0.3) is 83.6 Å². The van der Waals surface area contributed by atoms with E-state index in [2.05, 4.69) is 152 Å². The first-order valence-corrected chi connectivity index (χ1v) is 20.2. The second-order valence-corrected chi connectivity index (χ2v) is 16.4. The van der Waals surface area contributed by atoms with Crippen molar-refractivity contribution in [1.29, 1.82) is 0 Å². The lowest BCUT2D eigenvalue weighted by molar-refractivity contribution is 0.663. The van der Waals surface area contributed by atoms with Crippen molar-refractivity contribution >= 4 is 32.6 Å². The molecule has 274 valence electrons. The molecule has 0 aliphatic heterocycles. The van der Waals surface area contributed by atoms with Gasteiger partial charge in [-0.3, -0.25) is 0 Å². The Morgan fingerprint density at radius 2 is 1.05 bits per heavy atom. The molecule has 4 heteroatoms. The van der Waals surface area contributed by atoms with Crippen molar-refractivity contribution in [2.24, 2.45) is 0 Å². The van der Waals surface area contributed by atoms with E-state index in [9.17, 15) is 0 Å². The summed E-state index contributed by atoms with van der Waals surface area (Å²) in [5, 5.41) is 5.27. The monoisotopic (exact) mass is 742 g/mol. The Balaban J connectivity index is 1.14. The largest absolute Gasteiger partial charge is 0.309 e. The molecule has 0 saturated heterocycles. The summed E-state index contributed by atoms with van der Waals surface area (Å²) in [7, 11) is 0. The third-order valence-electron chi connectivity index (χ3n) is 12.7. The molecule has 8 aromatic carbocycles. The van der Waals surface area contributed by atoms with Crippen LogP contribution in [0.5, 0.6) is 0 Å². The Bertz CT molecular complexity index is 3250. The molecule has 0 radical (unpaired) electrons. The molecule has 0 saturated carbocycles. The maximum atomic E-state index is 5.12. The minimum Gasteiger partial charge on any atom is -0.309 e. The molecule has 0 atom stereocenters. The molecule has 4 nitrogen and oxygen atoms in total. The number of rotatable bonds is 4. The second kappa shape index (κ2) is 12.4. The molecule has 0 amide bonds. The quantitative estimate of drug-likeness (QED) is 0.180. The highest BCUT2D eigenvalue weighted by Crippen LogP contribution is 2.57. The van der Waals surface area contributed by atoms with Gasteiger partial charge < -0.3 is 4.57 Å². The third-order valence-corrected chi connectivity index (χ3v) is 12.7. The Kier molecular flexibility index (Phi) is 7.07. The van der Waals surface area contributed by atoms with Gasteiger partial charge >= 0.3 is 0 Å². The first-order chi connectivity index (χ1) is 28.5. The molecule has 2 aromatic heterocycles. The summed E-state index contributed by atoms with van der Waals surface area (Å²) in [6, 6.07) is 61.0. The van der Waals surface area contributed by atoms with E-state index >= 15 is 0 Å². The fourth-order valence-electron chi connectivity index (χ4n) is 10.1. The lowest BCUT2D eigenvalue weighted by Crippen LogP contribution is -2.18. The highest BCUT2D eigenvalue weighted by molar-refractivity contribution is 6.16. The summed E-state index contributed by atoms with van der Waals surface area (Å²) in [6.45, 7) is 4.85. The Morgan fingerprint density at radius 1 is 0.500 bits per heavy atom. The van der Waals surface area contributed by atoms with E-state index < -0.39 is 0 Å². The second-order valence-electron chi connectivity index (χ2n) is 16.4. The zero-order valence-electron chi connectivity index (χ0n) is 32.4. The van der Waals surface area contributed by atoms with Crippen LogP contribution in [0.2, 0.25) is 0 Å². The van der Waals surface area contributed by atoms with Crippen molar-refractivity contribution in [2.75, 3.05) is 0 Å². The highest BCUT2D eigenvalue weighted by Gasteiger charge is 2.42. The van der Waals surface area contributed by atoms with Crippen molar-refractivity contribution in [3.63, 3.8) is 0 Å². The molecule has 10 aromatic rings. The fourth-order valence-corrected chi connectivity index (χ4v) is 10.1. The number of hydrogen-bond acceptors (Lipinski definition) is 3. The molecule has 0 N–H and O–H groups in total. The van der Waals surface area contributed by atoms with Crippen molar-refractivity contribution < 1.29 is 0 Å². The van der Waals surface area contributed by atoms with Gasteiger partial charge in [0, 0.05) is 38.6 Å². The van der Waals surface area contributed by atoms with Gasteiger partial charge in [0.1, 0.15) is 0 Å². The SMILES string of the molecule is CC1(C)c2ccccc2-c2c3c(c4c5ccccc5n(-c5cccc(-c6nc(-c7ccccc7)nc(-c7ccccc7)n6)c5)c4c21)Cc1cc2ccccc2cc1C3. The molecule has 0 unspecified atom stereocenters. The number of para-hydroxylation sites is 1. The van der Waals surface area contributed by atoms with Crippen molar-refractivity contribution in [3.05, 3.63) is 203 Å². The summed E-state index contributed by atoms with van der Waals surface area (Å²) < 4.78 is 2.54. The number of aromatic nitrogens is 4. The van der Waals surface area contributed by atoms with Crippen LogP contribution in [0, 0.1) is 0 Å². The van der Waals surface area contributed by atoms with Crippen LogP contribution in [-0.4, -0.2) is 19.5 Å². The van der Waals surface area contributed by atoms with Gasteiger partial charge in [0.2, 0.25) is 0 Å². The average Bonchev–Trinajstić information content (AvgIpc) is 3.74. The van der Waals surface area contributed by atoms with E-state index in [0.717, 1.165) is 35.2 Å². The van der Waals surface area contributed by atoms with Crippen LogP contribution in [0.3, 0.4) is 0 Å². The molecular formula is C54H38N4. The van der Waals surface area contributed by atoms with Crippen molar-refractivity contribution in [1.82, 2.24) is 19.5 Å². The minimum atomic E-state index is -0.226. The smallest absolute Gasteiger partial charge is 0.164 e. The highest BCUT2D eigenvalue weighted by atomic mass is 15.0. The summed E-state index contributed by atoms with van der Waals surface area (Å²) in [4.78, 5) is 15.2. The number of benzene rings is 8. The molecule has 0 fully saturated rings. The van der Waals surface area contributed by atoms with Crippen LogP contribution in [0.1, 0.15) is 47.2 Å². The standard InChI is InChI=1S/C54H38N4/c1-54(2)45-26-13-11-24-41(45)47-43-31-38-28-35-20-9-10-21-36(35)29-39(38)32-44(43)48-42-25-12-14-27-46(42)58(50(48)49(47)54)40-23-15-22-37(30-40)53-56-51(33-16-5-3-6-17-33)55-52(57-53)34-18-7-4-8-19-34/h3-30H,31-32H2,1-2H3. The molecule has 58 heavy (non-hydrogen) atoms. The molecule has 2 heterocycles. The predicted octanol–water partition coefficient (Wildman–Crippen LogP) is 12.9. The van der Waals surface area contributed by atoms with Crippen LogP contribution >= 0.6 is 0 Å². The molecule has 12 rings (SSSR count). The number of fused-ring (bicyclic) bond motifs is 12. The van der Waals surface area contributed by atoms with E-state index in [0.29, 0.717) is 17.5 Å². The molecule has 0 spiro atoms. The van der Waals surface area contributed by atoms with Crippen LogP contribution < -0.4 is 0 Å². The third kappa shape index (κ3) is 4.85. The van der Waals surface area contributed by atoms with Gasteiger partial charge in [-0.15, -0.1) is 0 Å². The summed E-state index contributed by atoms with van der Waals surface area (Å²) in [5.41, 5.74) is 17.6. The number of hydrogen-bond donors (Lipinski definition) is 0. The zero-order chi connectivity index (χ0) is 38.5. The van der Waals surface area contributed by atoms with Gasteiger partial charge in [0.15, 0.2) is 17.5 Å². The Morgan fingerprint density at radius 3 is 1.74 bits per heavy atom. The Labute approximate surface area is 337 Å². The lowest BCUT2D eigenvalue weighted by Gasteiger charge is -2.28. The van der Waals surface area contributed by atoms with Gasteiger partial charge in [-0.2, -0.15) is 0 Å². The first-order valence-electron chi connectivity index (χ1n) is 20.2. The maximum Gasteiger partial charge on any atom is 0.164 e. The normalized spacial score (nSPS) is 13.7. The van der Waals surface area contributed by atoms with Gasteiger partial charge in [-0.05, 0) is 86.3 Å². The van der Waals surface area contributed by atoms with Gasteiger partial charge in [-0.25, -0.2) is 15.0 Å². The average molecular weight is 743 g/mol. The van der Waals surface area contributed by atoms with Crippen LogP contribution in [0.4, 0.5) is 0 Å². The van der Waals surface area contributed by atoms with E-state index in [1.807, 2.05) is 36.4 Å². The molecular weight excluding hydrogens is 705 g/mol. The minimum absolute atomic E-state index is 0.226. The van der Waals surface area contributed by atoms with Crippen molar-refractivity contribution in [3.8, 4) is 51.0 Å². The summed E-state index contributed by atoms with van der Waals surface area (Å²) >= 11 is 0. The first kappa shape index (κ1) is 33.0. The molecule has 0 bridgehead atoms. The van der Waals surface area contributed by atoms with Gasteiger partial charge in [0.05, 0.1) is 11.0 Å². The van der Waals surface area contributed by atoms with E-state index in [1.54, 1.807) is 0 Å². The topological polar surface area (TPSA) is 43.6 Å². The van der Waals surface area contributed by atoms with E-state index in [4.69, 9.17) is 15.0 Å². The van der Waals surface area contributed by atoms with E-state index in [-0.39, 0.29) is 5.41 Å². The summed E-state index contributed by atoms with van der Waals surface area (Å²) in [5.74, 6) is 1.96. The fraction of sp³-hybridized carbons (Fsp3) is 0.0926. The maximum absolute atomic E-state index is 5.12. The zero-order valence-corrected chi connectivity index (χ0v) is 32.4. The molecule has 2 aliphatic rings. The number of nitrogens with zero attached hydrogens (tertiary/aromatic N) is 4.